The molecule has 0 atom stereocenters. The molecule has 2 heterocycles. The molecule has 2 N–H and O–H groups in total. The Morgan fingerprint density at radius 1 is 1.19 bits per heavy atom. The highest BCUT2D eigenvalue weighted by Crippen LogP contribution is 2.42. The molecular weight excluding hydrogens is 289 g/mol. The third-order valence-electron chi connectivity index (χ3n) is 2.63. The van der Waals surface area contributed by atoms with E-state index >= 15 is 0 Å². The fourth-order valence-corrected chi connectivity index (χ4v) is 1.74. The van der Waals surface area contributed by atoms with Gasteiger partial charge >= 0.3 is 6.29 Å². The Morgan fingerprint density at radius 2 is 1.95 bits per heavy atom. The zero-order valence-electron chi connectivity index (χ0n) is 10.7. The third kappa shape index (κ3) is 2.62. The molecule has 0 amide bonds. The van der Waals surface area contributed by atoms with Crippen molar-refractivity contribution in [1.29, 1.82) is 0 Å². The average Bonchev–Trinajstić information content (AvgIpc) is 2.74. The van der Waals surface area contributed by atoms with E-state index in [1.54, 1.807) is 7.05 Å². The Morgan fingerprint density at radius 3 is 2.71 bits per heavy atom. The Bertz CT molecular complexity index is 696. The minimum atomic E-state index is -3.69. The number of hydrogen-bond donors (Lipinski definition) is 2. The first kappa shape index (κ1) is 13.3. The van der Waals surface area contributed by atoms with Gasteiger partial charge in [-0.1, -0.05) is 0 Å². The van der Waals surface area contributed by atoms with Crippen LogP contribution in [0, 0.1) is 5.82 Å². The number of nitrogens with one attached hydrogen (secondary N) is 2. The summed E-state index contributed by atoms with van der Waals surface area (Å²) in [7, 11) is 1.58. The van der Waals surface area contributed by atoms with Gasteiger partial charge in [0.25, 0.3) is 0 Å². The second kappa shape index (κ2) is 4.69. The van der Waals surface area contributed by atoms with Crippen LogP contribution in [0.15, 0.2) is 24.4 Å². The summed E-state index contributed by atoms with van der Waals surface area (Å²) in [6, 6.07) is 3.98. The number of benzene rings is 1. The molecule has 1 aliphatic rings. The van der Waals surface area contributed by atoms with Gasteiger partial charge in [-0.3, -0.25) is 0 Å². The van der Waals surface area contributed by atoms with E-state index in [-0.39, 0.29) is 23.3 Å². The monoisotopic (exact) mass is 298 g/mol. The number of rotatable bonds is 3. The van der Waals surface area contributed by atoms with Gasteiger partial charge in [-0.05, 0) is 12.1 Å². The number of hydrogen-bond acceptors (Lipinski definition) is 6. The van der Waals surface area contributed by atoms with Crippen LogP contribution in [0.2, 0.25) is 0 Å². The molecule has 0 aliphatic carbocycles. The molecule has 1 aliphatic heterocycles. The maximum absolute atomic E-state index is 13.6. The van der Waals surface area contributed by atoms with Gasteiger partial charge in [0.05, 0.1) is 6.20 Å². The van der Waals surface area contributed by atoms with Crippen molar-refractivity contribution < 1.29 is 22.6 Å². The van der Waals surface area contributed by atoms with Crippen LogP contribution in [0.4, 0.5) is 30.6 Å². The highest BCUT2D eigenvalue weighted by atomic mass is 19.3. The Balaban J connectivity index is 1.87. The first-order valence-corrected chi connectivity index (χ1v) is 5.84. The van der Waals surface area contributed by atoms with Crippen LogP contribution in [-0.2, 0) is 0 Å². The predicted molar refractivity (Wildman–Crippen MR) is 67.5 cm³/mol. The van der Waals surface area contributed by atoms with Gasteiger partial charge in [0.2, 0.25) is 5.95 Å². The number of alkyl halides is 2. The normalized spacial score (nSPS) is 14.9. The molecule has 110 valence electrons. The van der Waals surface area contributed by atoms with Crippen LogP contribution >= 0.6 is 0 Å². The van der Waals surface area contributed by atoms with Crippen LogP contribution < -0.4 is 20.1 Å². The summed E-state index contributed by atoms with van der Waals surface area (Å²) in [6.07, 6.45) is -2.71. The van der Waals surface area contributed by atoms with Gasteiger partial charge in [0, 0.05) is 18.8 Å². The van der Waals surface area contributed by atoms with E-state index in [0.29, 0.717) is 5.69 Å². The molecule has 1 aromatic heterocycles. The van der Waals surface area contributed by atoms with Gasteiger partial charge in [0.1, 0.15) is 0 Å². The molecule has 0 spiro atoms. The average molecular weight is 298 g/mol. The highest BCUT2D eigenvalue weighted by Gasteiger charge is 2.43. The molecular formula is C12H9F3N4O2. The van der Waals surface area contributed by atoms with Gasteiger partial charge in [-0.25, -0.2) is 9.37 Å². The van der Waals surface area contributed by atoms with Crippen molar-refractivity contribution in [3.05, 3.63) is 30.2 Å². The minimum Gasteiger partial charge on any atom is -0.395 e. The van der Waals surface area contributed by atoms with Crippen molar-refractivity contribution in [1.82, 2.24) is 9.97 Å². The molecule has 2 aromatic rings. The predicted octanol–water partition coefficient (Wildman–Crippen LogP) is 2.72. The summed E-state index contributed by atoms with van der Waals surface area (Å²) < 4.78 is 48.0. The van der Waals surface area contributed by atoms with Crippen LogP contribution in [-0.4, -0.2) is 23.3 Å². The van der Waals surface area contributed by atoms with Crippen molar-refractivity contribution in [2.75, 3.05) is 17.7 Å². The second-order valence-corrected chi connectivity index (χ2v) is 4.09. The van der Waals surface area contributed by atoms with Gasteiger partial charge < -0.3 is 20.1 Å². The quantitative estimate of drug-likeness (QED) is 0.908. The lowest BCUT2D eigenvalue weighted by Crippen LogP contribution is -2.25. The third-order valence-corrected chi connectivity index (χ3v) is 2.63. The van der Waals surface area contributed by atoms with Gasteiger partial charge in [-0.15, -0.1) is 8.78 Å². The van der Waals surface area contributed by atoms with Crippen molar-refractivity contribution in [3.8, 4) is 11.5 Å². The number of nitrogens with zero attached hydrogens (tertiary/aromatic N) is 2. The summed E-state index contributed by atoms with van der Waals surface area (Å²) in [5.74, 6) is -0.805. The summed E-state index contributed by atoms with van der Waals surface area (Å²) >= 11 is 0. The standard InChI is InChI=1S/C12H9F3N4O2/c1-16-11-17-5-7(13)10(19-11)18-6-2-3-8-9(4-6)21-12(14,15)20-8/h2-5H,1H3,(H2,16,17,18,19). The summed E-state index contributed by atoms with van der Waals surface area (Å²) in [4.78, 5) is 7.57. The number of ether oxygens (including phenoxy) is 2. The molecule has 3 rings (SSSR count). The second-order valence-electron chi connectivity index (χ2n) is 4.09. The molecule has 9 heteroatoms. The maximum atomic E-state index is 13.6. The van der Waals surface area contributed by atoms with E-state index in [2.05, 4.69) is 30.1 Å². The minimum absolute atomic E-state index is 0.0929. The highest BCUT2D eigenvalue weighted by molar-refractivity contribution is 5.62. The zero-order valence-corrected chi connectivity index (χ0v) is 10.7. The molecule has 0 saturated heterocycles. The van der Waals surface area contributed by atoms with Gasteiger partial charge in [0.15, 0.2) is 23.1 Å². The Hall–Kier alpha value is -2.71. The topological polar surface area (TPSA) is 68.3 Å². The van der Waals surface area contributed by atoms with E-state index in [0.717, 1.165) is 6.20 Å². The lowest BCUT2D eigenvalue weighted by molar-refractivity contribution is -0.286. The van der Waals surface area contributed by atoms with Crippen LogP contribution in [0.1, 0.15) is 0 Å². The van der Waals surface area contributed by atoms with Crippen molar-refractivity contribution in [2.24, 2.45) is 0 Å². The van der Waals surface area contributed by atoms with E-state index in [1.165, 1.54) is 18.2 Å². The largest absolute Gasteiger partial charge is 0.586 e. The number of anilines is 3. The Kier molecular flexibility index (Phi) is 2.96. The van der Waals surface area contributed by atoms with E-state index in [4.69, 9.17) is 0 Å². The molecule has 0 radical (unpaired) electrons. The van der Waals surface area contributed by atoms with E-state index < -0.39 is 12.1 Å². The summed E-state index contributed by atoms with van der Waals surface area (Å²) in [5, 5.41) is 5.32. The summed E-state index contributed by atoms with van der Waals surface area (Å²) in [5.41, 5.74) is 0.315. The maximum Gasteiger partial charge on any atom is 0.586 e. The van der Waals surface area contributed by atoms with Crippen LogP contribution in [0.5, 0.6) is 11.5 Å². The fraction of sp³-hybridized carbons (Fsp3) is 0.167. The zero-order chi connectivity index (χ0) is 15.0. The van der Waals surface area contributed by atoms with Crippen molar-refractivity contribution >= 4 is 17.5 Å². The molecule has 0 fully saturated rings. The lowest BCUT2D eigenvalue weighted by Gasteiger charge is -2.08. The molecule has 1 aromatic carbocycles. The first-order valence-electron chi connectivity index (χ1n) is 5.84. The van der Waals surface area contributed by atoms with Gasteiger partial charge in [-0.2, -0.15) is 4.98 Å². The number of fused-ring (bicyclic) bond motifs is 1. The lowest BCUT2D eigenvalue weighted by atomic mass is 10.3. The Labute approximate surface area is 116 Å². The summed E-state index contributed by atoms with van der Waals surface area (Å²) in [6.45, 7) is 0. The smallest absolute Gasteiger partial charge is 0.395 e. The molecule has 21 heavy (non-hydrogen) atoms. The van der Waals surface area contributed by atoms with E-state index in [1.807, 2.05) is 0 Å². The van der Waals surface area contributed by atoms with E-state index in [9.17, 15) is 13.2 Å². The number of aromatic nitrogens is 2. The van der Waals surface area contributed by atoms with Crippen molar-refractivity contribution in [3.63, 3.8) is 0 Å². The molecule has 0 bridgehead atoms. The fourth-order valence-electron chi connectivity index (χ4n) is 1.74. The van der Waals surface area contributed by atoms with Crippen LogP contribution in [0.3, 0.4) is 0 Å². The molecule has 0 saturated carbocycles. The van der Waals surface area contributed by atoms with Crippen LogP contribution in [0.25, 0.3) is 0 Å². The van der Waals surface area contributed by atoms with Crippen molar-refractivity contribution in [2.45, 2.75) is 6.29 Å². The molecule has 6 nitrogen and oxygen atoms in total. The SMILES string of the molecule is CNc1ncc(F)c(Nc2ccc3c(c2)OC(F)(F)O3)n1. The number of halogens is 3. The first-order chi connectivity index (χ1) is 9.97. The molecule has 0 unspecified atom stereocenters.